The second-order valence-corrected chi connectivity index (χ2v) is 6.32. The summed E-state index contributed by atoms with van der Waals surface area (Å²) >= 11 is 1.73. The van der Waals surface area contributed by atoms with Crippen molar-refractivity contribution in [1.82, 2.24) is 10.2 Å². The highest BCUT2D eigenvalue weighted by molar-refractivity contribution is 7.10. The molecule has 0 radical (unpaired) electrons. The average Bonchev–Trinajstić information content (AvgIpc) is 2.89. The molecule has 0 bridgehead atoms. The Morgan fingerprint density at radius 2 is 2.39 bits per heavy atom. The fourth-order valence-corrected chi connectivity index (χ4v) is 3.63. The lowest BCUT2D eigenvalue weighted by molar-refractivity contribution is -0.130. The van der Waals surface area contributed by atoms with Gasteiger partial charge in [0.2, 0.25) is 5.91 Å². The predicted octanol–water partition coefficient (Wildman–Crippen LogP) is 2.76. The van der Waals surface area contributed by atoms with E-state index in [4.69, 9.17) is 0 Å². The lowest BCUT2D eigenvalue weighted by Crippen LogP contribution is -2.39. The predicted molar refractivity (Wildman–Crippen MR) is 73.3 cm³/mol. The maximum atomic E-state index is 12.2. The molecule has 2 fully saturated rings. The Morgan fingerprint density at radius 1 is 1.56 bits per heavy atom. The lowest BCUT2D eigenvalue weighted by atomic mass is 10.1. The van der Waals surface area contributed by atoms with Crippen molar-refractivity contribution >= 4 is 17.2 Å². The van der Waals surface area contributed by atoms with E-state index in [9.17, 15) is 4.79 Å². The first-order valence-electron chi connectivity index (χ1n) is 6.87. The van der Waals surface area contributed by atoms with Crippen molar-refractivity contribution in [3.05, 3.63) is 22.4 Å². The van der Waals surface area contributed by atoms with Gasteiger partial charge in [0.05, 0.1) is 6.54 Å². The van der Waals surface area contributed by atoms with Gasteiger partial charge in [-0.3, -0.25) is 10.1 Å². The molecule has 1 saturated carbocycles. The smallest absolute Gasteiger partial charge is 0.238 e. The molecule has 3 rings (SSSR count). The van der Waals surface area contributed by atoms with Crippen LogP contribution in [-0.4, -0.2) is 23.4 Å². The molecule has 1 aromatic heterocycles. The topological polar surface area (TPSA) is 32.3 Å². The van der Waals surface area contributed by atoms with Crippen molar-refractivity contribution in [3.63, 3.8) is 0 Å². The molecule has 3 nitrogen and oxygen atoms in total. The highest BCUT2D eigenvalue weighted by atomic mass is 32.1. The van der Waals surface area contributed by atoms with Crippen LogP contribution < -0.4 is 5.32 Å². The van der Waals surface area contributed by atoms with Crippen molar-refractivity contribution < 1.29 is 4.79 Å². The molecule has 2 atom stereocenters. The van der Waals surface area contributed by atoms with Crippen LogP contribution in [0.5, 0.6) is 0 Å². The summed E-state index contributed by atoms with van der Waals surface area (Å²) in [5.41, 5.74) is 0. The molecule has 4 heteroatoms. The van der Waals surface area contributed by atoms with Gasteiger partial charge in [0.25, 0.3) is 0 Å². The molecule has 1 aliphatic heterocycles. The monoisotopic (exact) mass is 264 g/mol. The summed E-state index contributed by atoms with van der Waals surface area (Å²) in [4.78, 5) is 15.5. The van der Waals surface area contributed by atoms with Crippen molar-refractivity contribution in [3.8, 4) is 0 Å². The molecule has 1 amide bonds. The molecule has 2 aliphatic rings. The minimum Gasteiger partial charge on any atom is -0.318 e. The van der Waals surface area contributed by atoms with Gasteiger partial charge in [-0.25, -0.2) is 0 Å². The maximum absolute atomic E-state index is 12.2. The zero-order chi connectivity index (χ0) is 12.5. The van der Waals surface area contributed by atoms with Gasteiger partial charge in [0.1, 0.15) is 6.17 Å². The zero-order valence-corrected chi connectivity index (χ0v) is 11.6. The lowest BCUT2D eigenvalue weighted by Gasteiger charge is -2.32. The van der Waals surface area contributed by atoms with E-state index in [1.54, 1.807) is 11.3 Å². The normalized spacial score (nSPS) is 25.7. The van der Waals surface area contributed by atoms with Gasteiger partial charge in [-0.1, -0.05) is 25.8 Å². The van der Waals surface area contributed by atoms with Gasteiger partial charge in [-0.05, 0) is 30.2 Å². The fraction of sp³-hybridized carbons (Fsp3) is 0.643. The molecule has 0 spiro atoms. The van der Waals surface area contributed by atoms with Crippen molar-refractivity contribution in [1.29, 1.82) is 0 Å². The SMILES string of the molecule is CCC(CC1CC1)N1C(=O)CNC1c1cccs1. The highest BCUT2D eigenvalue weighted by Crippen LogP contribution is 2.38. The van der Waals surface area contributed by atoms with E-state index in [0.717, 1.165) is 12.3 Å². The third kappa shape index (κ3) is 2.31. The van der Waals surface area contributed by atoms with Crippen molar-refractivity contribution in [2.24, 2.45) is 5.92 Å². The number of amides is 1. The minimum atomic E-state index is 0.112. The summed E-state index contributed by atoms with van der Waals surface area (Å²) < 4.78 is 0. The first kappa shape index (κ1) is 12.2. The average molecular weight is 264 g/mol. The van der Waals surface area contributed by atoms with E-state index in [1.807, 2.05) is 0 Å². The summed E-state index contributed by atoms with van der Waals surface area (Å²) in [5, 5.41) is 5.44. The Hall–Kier alpha value is -0.870. The number of rotatable bonds is 5. The summed E-state index contributed by atoms with van der Waals surface area (Å²) in [5.74, 6) is 1.13. The van der Waals surface area contributed by atoms with E-state index in [2.05, 4.69) is 34.7 Å². The molecule has 2 unspecified atom stereocenters. The van der Waals surface area contributed by atoms with Crippen molar-refractivity contribution in [2.45, 2.75) is 44.8 Å². The number of hydrogen-bond acceptors (Lipinski definition) is 3. The van der Waals surface area contributed by atoms with Crippen LogP contribution in [0.4, 0.5) is 0 Å². The first-order chi connectivity index (χ1) is 8.79. The molecule has 0 aromatic carbocycles. The van der Waals surface area contributed by atoms with Crippen LogP contribution in [0, 0.1) is 5.92 Å². The fourth-order valence-electron chi connectivity index (χ4n) is 2.83. The van der Waals surface area contributed by atoms with Gasteiger partial charge in [0, 0.05) is 10.9 Å². The number of thiophene rings is 1. The molecule has 1 N–H and O–H groups in total. The number of nitrogens with zero attached hydrogens (tertiary/aromatic N) is 1. The second-order valence-electron chi connectivity index (χ2n) is 5.34. The van der Waals surface area contributed by atoms with E-state index in [0.29, 0.717) is 12.6 Å². The molecule has 1 aromatic rings. The van der Waals surface area contributed by atoms with Crippen LogP contribution in [0.2, 0.25) is 0 Å². The first-order valence-corrected chi connectivity index (χ1v) is 7.75. The van der Waals surface area contributed by atoms with E-state index >= 15 is 0 Å². The minimum absolute atomic E-state index is 0.112. The van der Waals surface area contributed by atoms with Crippen LogP contribution in [-0.2, 0) is 4.79 Å². The number of hydrogen-bond donors (Lipinski definition) is 1. The Bertz CT molecular complexity index is 413. The second kappa shape index (κ2) is 5.02. The van der Waals surface area contributed by atoms with Crippen LogP contribution >= 0.6 is 11.3 Å². The molecule has 98 valence electrons. The maximum Gasteiger partial charge on any atom is 0.238 e. The van der Waals surface area contributed by atoms with Gasteiger partial charge < -0.3 is 4.90 Å². The Balaban J connectivity index is 1.78. The van der Waals surface area contributed by atoms with Crippen LogP contribution in [0.1, 0.15) is 43.6 Å². The van der Waals surface area contributed by atoms with E-state index < -0.39 is 0 Å². The third-order valence-electron chi connectivity index (χ3n) is 3.99. The molecule has 2 heterocycles. The molecule has 1 aliphatic carbocycles. The van der Waals surface area contributed by atoms with Crippen molar-refractivity contribution in [2.75, 3.05) is 6.54 Å². The van der Waals surface area contributed by atoms with Gasteiger partial charge >= 0.3 is 0 Å². The molecular weight excluding hydrogens is 244 g/mol. The molecular formula is C14H20N2OS. The Kier molecular flexibility index (Phi) is 3.39. The highest BCUT2D eigenvalue weighted by Gasteiger charge is 2.38. The number of nitrogens with one attached hydrogen (secondary N) is 1. The number of carbonyl (C=O) groups is 1. The molecule has 18 heavy (non-hydrogen) atoms. The quantitative estimate of drug-likeness (QED) is 0.887. The van der Waals surface area contributed by atoms with Gasteiger partial charge in [-0.15, -0.1) is 11.3 Å². The summed E-state index contributed by atoms with van der Waals surface area (Å²) in [6.07, 6.45) is 5.07. The van der Waals surface area contributed by atoms with Crippen LogP contribution in [0.3, 0.4) is 0 Å². The molecule has 1 saturated heterocycles. The standard InChI is InChI=1S/C14H20N2OS/c1-2-11(8-10-5-6-10)16-13(17)9-15-14(16)12-4-3-7-18-12/h3-4,7,10-11,14-15H,2,5-6,8-9H2,1H3. The van der Waals surface area contributed by atoms with E-state index in [1.165, 1.54) is 24.1 Å². The Morgan fingerprint density at radius 3 is 3.00 bits per heavy atom. The third-order valence-corrected chi connectivity index (χ3v) is 4.92. The summed E-state index contributed by atoms with van der Waals surface area (Å²) in [6.45, 7) is 2.69. The van der Waals surface area contributed by atoms with Crippen LogP contribution in [0.15, 0.2) is 17.5 Å². The van der Waals surface area contributed by atoms with Gasteiger partial charge in [0.15, 0.2) is 0 Å². The zero-order valence-electron chi connectivity index (χ0n) is 10.8. The van der Waals surface area contributed by atoms with E-state index in [-0.39, 0.29) is 12.1 Å². The number of carbonyl (C=O) groups excluding carboxylic acids is 1. The summed E-state index contributed by atoms with van der Waals surface area (Å²) in [7, 11) is 0. The van der Waals surface area contributed by atoms with Crippen LogP contribution in [0.25, 0.3) is 0 Å². The van der Waals surface area contributed by atoms with Gasteiger partial charge in [-0.2, -0.15) is 0 Å². The largest absolute Gasteiger partial charge is 0.318 e. The summed E-state index contributed by atoms with van der Waals surface area (Å²) in [6, 6.07) is 4.59. The Labute approximate surface area is 112 Å².